The first-order valence-electron chi connectivity index (χ1n) is 8.89. The topological polar surface area (TPSA) is 71.1 Å². The molecule has 1 unspecified atom stereocenters. The predicted octanol–water partition coefficient (Wildman–Crippen LogP) is 2.59. The normalized spacial score (nSPS) is 14.3. The highest BCUT2D eigenvalue weighted by atomic mass is 16.5. The van der Waals surface area contributed by atoms with Crippen LogP contribution in [0.25, 0.3) is 0 Å². The number of ketones is 1. The van der Waals surface area contributed by atoms with E-state index in [4.69, 9.17) is 18.9 Å². The van der Waals surface area contributed by atoms with E-state index in [0.29, 0.717) is 32.7 Å². The largest absolute Gasteiger partial charge is 0.381 e. The van der Waals surface area contributed by atoms with Gasteiger partial charge in [0.05, 0.1) is 38.4 Å². The molecule has 0 amide bonds. The third kappa shape index (κ3) is 12.9. The van der Waals surface area contributed by atoms with E-state index in [1.807, 2.05) is 13.8 Å². The molecule has 0 fully saturated rings. The van der Waals surface area contributed by atoms with Crippen LogP contribution in [0.3, 0.4) is 0 Å². The highest BCUT2D eigenvalue weighted by Crippen LogP contribution is 2.21. The third-order valence-corrected chi connectivity index (χ3v) is 3.44. The van der Waals surface area contributed by atoms with Crippen molar-refractivity contribution in [3.8, 4) is 0 Å². The highest BCUT2D eigenvalue weighted by molar-refractivity contribution is 5.76. The number of hydrogen-bond donors (Lipinski definition) is 0. The summed E-state index contributed by atoms with van der Waals surface area (Å²) >= 11 is 0. The van der Waals surface area contributed by atoms with Crippen molar-refractivity contribution < 1.29 is 28.5 Å². The van der Waals surface area contributed by atoms with E-state index in [-0.39, 0.29) is 32.2 Å². The first-order chi connectivity index (χ1) is 12.0. The molecule has 0 aromatic carbocycles. The lowest BCUT2D eigenvalue weighted by molar-refractivity contribution is -0.131. The number of hydrogen-bond acceptors (Lipinski definition) is 6. The molecule has 0 aliphatic heterocycles. The molecule has 0 N–H and O–H groups in total. The van der Waals surface area contributed by atoms with Crippen LogP contribution in [0.4, 0.5) is 0 Å². The van der Waals surface area contributed by atoms with Crippen LogP contribution >= 0.6 is 0 Å². The van der Waals surface area contributed by atoms with Crippen LogP contribution in [0.5, 0.6) is 0 Å². The Morgan fingerprint density at radius 2 is 1.52 bits per heavy atom. The number of Topliss-reactive ketones (excluding diaryl/α,β-unsaturated/α-hetero) is 1. The lowest BCUT2D eigenvalue weighted by atomic mass is 9.92. The lowest BCUT2D eigenvalue weighted by Gasteiger charge is -2.32. The summed E-state index contributed by atoms with van der Waals surface area (Å²) in [7, 11) is 0. The molecular formula is C19H34O6. The zero-order valence-corrected chi connectivity index (χ0v) is 16.2. The predicted molar refractivity (Wildman–Crippen MR) is 96.8 cm³/mol. The second-order valence-corrected chi connectivity index (χ2v) is 6.35. The molecule has 0 aliphatic carbocycles. The van der Waals surface area contributed by atoms with Gasteiger partial charge in [0.1, 0.15) is 19.5 Å². The minimum atomic E-state index is -0.556. The summed E-state index contributed by atoms with van der Waals surface area (Å²) in [6.07, 6.45) is 5.01. The van der Waals surface area contributed by atoms with E-state index in [1.165, 1.54) is 12.5 Å². The molecule has 0 aliphatic rings. The zero-order valence-electron chi connectivity index (χ0n) is 16.2. The summed E-state index contributed by atoms with van der Waals surface area (Å²) < 4.78 is 22.4. The molecule has 6 nitrogen and oxygen atoms in total. The maximum absolute atomic E-state index is 11.1. The van der Waals surface area contributed by atoms with Gasteiger partial charge in [-0.3, -0.25) is 4.79 Å². The average molecular weight is 358 g/mol. The van der Waals surface area contributed by atoms with Crippen molar-refractivity contribution in [2.24, 2.45) is 5.41 Å². The van der Waals surface area contributed by atoms with Gasteiger partial charge < -0.3 is 23.7 Å². The van der Waals surface area contributed by atoms with Crippen molar-refractivity contribution in [3.63, 3.8) is 0 Å². The Kier molecular flexibility index (Phi) is 14.5. The van der Waals surface area contributed by atoms with Crippen LogP contribution in [-0.4, -0.2) is 64.9 Å². The van der Waals surface area contributed by atoms with E-state index in [1.54, 1.807) is 0 Å². The molecule has 0 heterocycles. The average Bonchev–Trinajstić information content (AvgIpc) is 2.58. The molecule has 0 aromatic rings. The Bertz CT molecular complexity index is 393. The number of rotatable bonds is 17. The first-order valence-corrected chi connectivity index (χ1v) is 8.89. The molecule has 1 atom stereocenters. The smallest absolute Gasteiger partial charge is 0.155 e. The number of aldehydes is 1. The zero-order chi connectivity index (χ0) is 19.0. The molecule has 6 heteroatoms. The van der Waals surface area contributed by atoms with E-state index in [0.717, 1.165) is 12.8 Å². The highest BCUT2D eigenvalue weighted by Gasteiger charge is 2.32. The van der Waals surface area contributed by atoms with E-state index >= 15 is 0 Å². The van der Waals surface area contributed by atoms with Gasteiger partial charge in [-0.15, -0.1) is 0 Å². The molecule has 25 heavy (non-hydrogen) atoms. The van der Waals surface area contributed by atoms with Gasteiger partial charge in [0.15, 0.2) is 5.78 Å². The minimum Gasteiger partial charge on any atom is -0.381 e. The summed E-state index contributed by atoms with van der Waals surface area (Å²) in [5.74, 6) is -0.0432. The fourth-order valence-electron chi connectivity index (χ4n) is 2.18. The number of ether oxygens (including phenoxy) is 4. The molecule has 0 radical (unpaired) electrons. The van der Waals surface area contributed by atoms with Crippen LogP contribution in [0.1, 0.15) is 40.5 Å². The van der Waals surface area contributed by atoms with Gasteiger partial charge in [0.25, 0.3) is 0 Å². The maximum Gasteiger partial charge on any atom is 0.155 e. The van der Waals surface area contributed by atoms with Crippen LogP contribution in [0.15, 0.2) is 11.6 Å². The quantitative estimate of drug-likeness (QED) is 0.226. The molecule has 0 rings (SSSR count). The monoisotopic (exact) mass is 358 g/mol. The van der Waals surface area contributed by atoms with Crippen molar-refractivity contribution in [1.29, 1.82) is 0 Å². The van der Waals surface area contributed by atoms with Crippen LogP contribution in [0.2, 0.25) is 0 Å². The SMILES string of the molecule is CCC/C=C(\C)COCC(COCC)(COCC=O)COCC(C)=O. The van der Waals surface area contributed by atoms with E-state index < -0.39 is 5.41 Å². The minimum absolute atomic E-state index is 0.00993. The first kappa shape index (κ1) is 23.9. The molecule has 0 saturated heterocycles. The second kappa shape index (κ2) is 15.2. The summed E-state index contributed by atoms with van der Waals surface area (Å²) in [4.78, 5) is 21.7. The van der Waals surface area contributed by atoms with Gasteiger partial charge in [0, 0.05) is 6.61 Å². The van der Waals surface area contributed by atoms with Gasteiger partial charge in [-0.2, -0.15) is 0 Å². The Hall–Kier alpha value is -1.08. The Balaban J connectivity index is 4.80. The van der Waals surface area contributed by atoms with Crippen LogP contribution < -0.4 is 0 Å². The summed E-state index contributed by atoms with van der Waals surface area (Å²) in [5, 5.41) is 0. The number of allylic oxidation sites excluding steroid dienone is 1. The second-order valence-electron chi connectivity index (χ2n) is 6.35. The fraction of sp³-hybridized carbons (Fsp3) is 0.789. The van der Waals surface area contributed by atoms with Gasteiger partial charge >= 0.3 is 0 Å². The molecule has 146 valence electrons. The van der Waals surface area contributed by atoms with Gasteiger partial charge in [-0.05, 0) is 27.2 Å². The van der Waals surface area contributed by atoms with Crippen molar-refractivity contribution in [2.45, 2.75) is 40.5 Å². The molecule has 0 aromatic heterocycles. The number of unbranched alkanes of at least 4 members (excludes halogenated alkanes) is 1. The van der Waals surface area contributed by atoms with Crippen molar-refractivity contribution >= 4 is 12.1 Å². The molecular weight excluding hydrogens is 324 g/mol. The number of carbonyl (C=O) groups excluding carboxylic acids is 2. The van der Waals surface area contributed by atoms with Gasteiger partial charge in [0.2, 0.25) is 0 Å². The summed E-state index contributed by atoms with van der Waals surface area (Å²) in [5.41, 5.74) is 0.616. The van der Waals surface area contributed by atoms with Crippen LogP contribution in [-0.2, 0) is 28.5 Å². The van der Waals surface area contributed by atoms with Crippen molar-refractivity contribution in [1.82, 2.24) is 0 Å². The van der Waals surface area contributed by atoms with Crippen molar-refractivity contribution in [3.05, 3.63) is 11.6 Å². The summed E-state index contributed by atoms with van der Waals surface area (Å²) in [6, 6.07) is 0. The van der Waals surface area contributed by atoms with Crippen LogP contribution in [0, 0.1) is 5.41 Å². The van der Waals surface area contributed by atoms with Gasteiger partial charge in [-0.1, -0.05) is 25.0 Å². The van der Waals surface area contributed by atoms with Crippen molar-refractivity contribution in [2.75, 3.05) is 52.9 Å². The Labute approximate surface area is 151 Å². The fourth-order valence-corrected chi connectivity index (χ4v) is 2.18. The molecule has 0 spiro atoms. The summed E-state index contributed by atoms with van der Waals surface area (Å²) in [6.45, 7) is 9.95. The van der Waals surface area contributed by atoms with E-state index in [9.17, 15) is 9.59 Å². The Morgan fingerprint density at radius 3 is 2.08 bits per heavy atom. The Morgan fingerprint density at radius 1 is 0.920 bits per heavy atom. The third-order valence-electron chi connectivity index (χ3n) is 3.44. The molecule has 0 saturated carbocycles. The number of carbonyl (C=O) groups is 2. The maximum atomic E-state index is 11.1. The standard InChI is InChI=1S/C19H34O6/c1-5-7-8-17(3)11-24-15-19(13-22-6-2,14-23-10-9-20)16-25-12-18(4)21/h8-9H,5-7,10-16H2,1-4H3/b17-8+. The van der Waals surface area contributed by atoms with E-state index in [2.05, 4.69) is 13.0 Å². The molecule has 0 bridgehead atoms. The van der Waals surface area contributed by atoms with Gasteiger partial charge in [-0.25, -0.2) is 0 Å². The lowest BCUT2D eigenvalue weighted by Crippen LogP contribution is -2.42.